The highest BCUT2D eigenvalue weighted by atomic mass is 19.1. The minimum absolute atomic E-state index is 0.392. The molecule has 1 aromatic rings. The SMILES string of the molecule is C[C@@H](C(=O)OCC(=O)Nc1c(F)cccc1F)N1C(=O)[C@H]2CCCC[C@H]2C1=O. The van der Waals surface area contributed by atoms with Gasteiger partial charge in [-0.05, 0) is 31.9 Å². The Morgan fingerprint density at radius 3 is 2.21 bits per heavy atom. The fourth-order valence-corrected chi connectivity index (χ4v) is 3.73. The predicted molar refractivity (Wildman–Crippen MR) is 92.7 cm³/mol. The number of nitrogens with zero attached hydrogens (tertiary/aromatic N) is 1. The van der Waals surface area contributed by atoms with Gasteiger partial charge in [-0.1, -0.05) is 18.9 Å². The first-order valence-electron chi connectivity index (χ1n) is 9.08. The van der Waals surface area contributed by atoms with E-state index in [0.717, 1.165) is 35.9 Å². The van der Waals surface area contributed by atoms with E-state index in [1.807, 2.05) is 5.32 Å². The van der Waals surface area contributed by atoms with Crippen LogP contribution in [0.5, 0.6) is 0 Å². The number of hydrogen-bond acceptors (Lipinski definition) is 5. The van der Waals surface area contributed by atoms with E-state index in [0.29, 0.717) is 12.8 Å². The van der Waals surface area contributed by atoms with Gasteiger partial charge in [-0.25, -0.2) is 13.6 Å². The number of amides is 3. The van der Waals surface area contributed by atoms with Crippen molar-refractivity contribution in [2.24, 2.45) is 11.8 Å². The number of nitrogens with one attached hydrogen (secondary N) is 1. The highest BCUT2D eigenvalue weighted by Crippen LogP contribution is 2.38. The van der Waals surface area contributed by atoms with Crippen LogP contribution < -0.4 is 5.32 Å². The van der Waals surface area contributed by atoms with Gasteiger partial charge in [0, 0.05) is 0 Å². The number of benzene rings is 1. The number of ether oxygens (including phenoxy) is 1. The van der Waals surface area contributed by atoms with Crippen molar-refractivity contribution in [1.29, 1.82) is 0 Å². The van der Waals surface area contributed by atoms with Crippen molar-refractivity contribution in [2.75, 3.05) is 11.9 Å². The minimum atomic E-state index is -1.18. The lowest BCUT2D eigenvalue weighted by Crippen LogP contribution is -2.45. The maximum Gasteiger partial charge on any atom is 0.329 e. The van der Waals surface area contributed by atoms with Crippen LogP contribution in [0.3, 0.4) is 0 Å². The quantitative estimate of drug-likeness (QED) is 0.609. The second-order valence-electron chi connectivity index (χ2n) is 6.97. The zero-order valence-corrected chi connectivity index (χ0v) is 15.2. The van der Waals surface area contributed by atoms with Gasteiger partial charge < -0.3 is 10.1 Å². The molecule has 3 amide bonds. The van der Waals surface area contributed by atoms with Crippen molar-refractivity contribution in [3.8, 4) is 0 Å². The first-order valence-corrected chi connectivity index (χ1v) is 9.08. The fraction of sp³-hybridized carbons (Fsp3) is 0.474. The molecule has 1 aromatic carbocycles. The van der Waals surface area contributed by atoms with Crippen LogP contribution in [0.25, 0.3) is 0 Å². The van der Waals surface area contributed by atoms with Crippen LogP contribution in [-0.2, 0) is 23.9 Å². The Kier molecular flexibility index (Phi) is 5.71. The molecule has 1 heterocycles. The Morgan fingerprint density at radius 1 is 1.14 bits per heavy atom. The van der Waals surface area contributed by atoms with Crippen molar-refractivity contribution in [2.45, 2.75) is 38.6 Å². The first kappa shape index (κ1) is 19.9. The number of likely N-dealkylation sites (tertiary alicyclic amines) is 1. The van der Waals surface area contributed by atoms with E-state index >= 15 is 0 Å². The molecule has 1 saturated carbocycles. The van der Waals surface area contributed by atoms with E-state index in [4.69, 9.17) is 4.74 Å². The third-order valence-electron chi connectivity index (χ3n) is 5.18. The van der Waals surface area contributed by atoms with E-state index in [-0.39, 0.29) is 0 Å². The molecular formula is C19H20F2N2O5. The number of para-hydroxylation sites is 1. The molecule has 9 heteroatoms. The number of carbonyl (C=O) groups excluding carboxylic acids is 4. The number of hydrogen-bond donors (Lipinski definition) is 1. The zero-order valence-electron chi connectivity index (χ0n) is 15.2. The molecule has 1 aliphatic carbocycles. The molecule has 0 spiro atoms. The Morgan fingerprint density at radius 2 is 1.68 bits per heavy atom. The fourth-order valence-electron chi connectivity index (χ4n) is 3.73. The smallest absolute Gasteiger partial charge is 0.329 e. The highest BCUT2D eigenvalue weighted by Gasteiger charge is 2.51. The second-order valence-corrected chi connectivity index (χ2v) is 6.97. The van der Waals surface area contributed by atoms with Crippen molar-refractivity contribution in [1.82, 2.24) is 4.90 Å². The minimum Gasteiger partial charge on any atom is -0.454 e. The molecule has 7 nitrogen and oxygen atoms in total. The average molecular weight is 394 g/mol. The molecule has 3 atom stereocenters. The average Bonchev–Trinajstić information content (AvgIpc) is 2.93. The van der Waals surface area contributed by atoms with Crippen LogP contribution >= 0.6 is 0 Å². The third kappa shape index (κ3) is 3.74. The molecule has 1 saturated heterocycles. The van der Waals surface area contributed by atoms with Gasteiger partial charge in [0.15, 0.2) is 6.61 Å². The molecular weight excluding hydrogens is 374 g/mol. The van der Waals surface area contributed by atoms with Crippen molar-refractivity contribution in [3.05, 3.63) is 29.8 Å². The topological polar surface area (TPSA) is 92.8 Å². The summed E-state index contributed by atoms with van der Waals surface area (Å²) in [4.78, 5) is 49.9. The summed E-state index contributed by atoms with van der Waals surface area (Å²) < 4.78 is 31.9. The monoisotopic (exact) mass is 394 g/mol. The summed E-state index contributed by atoms with van der Waals surface area (Å²) in [5, 5.41) is 1.99. The van der Waals surface area contributed by atoms with Crippen molar-refractivity contribution >= 4 is 29.4 Å². The first-order chi connectivity index (χ1) is 13.3. The van der Waals surface area contributed by atoms with Gasteiger partial charge in [0.2, 0.25) is 11.8 Å². The molecule has 0 aromatic heterocycles. The Bertz CT molecular complexity index is 784. The van der Waals surface area contributed by atoms with Gasteiger partial charge in [-0.3, -0.25) is 19.3 Å². The van der Waals surface area contributed by atoms with Crippen LogP contribution in [0.2, 0.25) is 0 Å². The standard InChI is InChI=1S/C19H20F2N2O5/c1-10(23-17(25)11-5-2-3-6-12(11)18(23)26)19(27)28-9-15(24)22-16-13(20)7-4-8-14(16)21/h4,7-8,10-12H,2-3,5-6,9H2,1H3,(H,22,24)/t10-,11-,12+/m0/s1. The molecule has 0 bridgehead atoms. The van der Waals surface area contributed by atoms with E-state index in [1.54, 1.807) is 0 Å². The molecule has 28 heavy (non-hydrogen) atoms. The van der Waals surface area contributed by atoms with E-state index < -0.39 is 65.5 Å². The molecule has 1 N–H and O–H groups in total. The van der Waals surface area contributed by atoms with Gasteiger partial charge in [-0.15, -0.1) is 0 Å². The van der Waals surface area contributed by atoms with Gasteiger partial charge >= 0.3 is 5.97 Å². The van der Waals surface area contributed by atoms with Crippen LogP contribution in [0.15, 0.2) is 18.2 Å². The van der Waals surface area contributed by atoms with E-state index in [1.165, 1.54) is 6.92 Å². The number of rotatable bonds is 5. The van der Waals surface area contributed by atoms with Crippen molar-refractivity contribution in [3.63, 3.8) is 0 Å². The van der Waals surface area contributed by atoms with E-state index in [2.05, 4.69) is 0 Å². The summed E-state index contributed by atoms with van der Waals surface area (Å²) in [5.74, 6) is -5.41. The van der Waals surface area contributed by atoms with Crippen molar-refractivity contribution < 1.29 is 32.7 Å². The second kappa shape index (κ2) is 8.04. The number of imide groups is 1. The molecule has 0 radical (unpaired) electrons. The number of halogens is 2. The van der Waals surface area contributed by atoms with E-state index in [9.17, 15) is 28.0 Å². The van der Waals surface area contributed by atoms with Crippen LogP contribution in [0, 0.1) is 23.5 Å². The van der Waals surface area contributed by atoms with Gasteiger partial charge in [0.1, 0.15) is 23.4 Å². The normalized spacial score (nSPS) is 22.6. The Balaban J connectivity index is 1.58. The summed E-state index contributed by atoms with van der Waals surface area (Å²) in [6.07, 6.45) is 2.95. The Labute approximate surface area is 160 Å². The maximum atomic E-state index is 13.5. The molecule has 150 valence electrons. The third-order valence-corrected chi connectivity index (χ3v) is 5.18. The number of fused-ring (bicyclic) bond motifs is 1. The highest BCUT2D eigenvalue weighted by molar-refractivity contribution is 6.08. The lowest BCUT2D eigenvalue weighted by Gasteiger charge is -2.21. The predicted octanol–water partition coefficient (Wildman–Crippen LogP) is 2.01. The molecule has 1 aliphatic heterocycles. The maximum absolute atomic E-state index is 13.5. The van der Waals surface area contributed by atoms with Crippen LogP contribution in [0.1, 0.15) is 32.6 Å². The summed E-state index contributed by atoms with van der Waals surface area (Å²) in [6.45, 7) is 0.546. The number of esters is 1. The van der Waals surface area contributed by atoms with Crippen LogP contribution in [0.4, 0.5) is 14.5 Å². The lowest BCUT2D eigenvalue weighted by molar-refractivity contribution is -0.159. The van der Waals surface area contributed by atoms with Crippen LogP contribution in [-0.4, -0.2) is 41.2 Å². The summed E-state index contributed by atoms with van der Waals surface area (Å²) in [7, 11) is 0. The largest absolute Gasteiger partial charge is 0.454 e. The molecule has 2 fully saturated rings. The van der Waals surface area contributed by atoms with Gasteiger partial charge in [0.25, 0.3) is 5.91 Å². The number of anilines is 1. The summed E-state index contributed by atoms with van der Waals surface area (Å²) >= 11 is 0. The molecule has 3 rings (SSSR count). The summed E-state index contributed by atoms with van der Waals surface area (Å²) in [5.41, 5.74) is -0.648. The Hall–Kier alpha value is -2.84. The summed E-state index contributed by atoms with van der Waals surface area (Å²) in [6, 6.07) is 1.90. The number of carbonyl (C=O) groups is 4. The van der Waals surface area contributed by atoms with Gasteiger partial charge in [-0.2, -0.15) is 0 Å². The zero-order chi connectivity index (χ0) is 20.4. The van der Waals surface area contributed by atoms with Gasteiger partial charge in [0.05, 0.1) is 11.8 Å². The molecule has 2 aliphatic rings. The molecule has 0 unspecified atom stereocenters. The lowest BCUT2D eigenvalue weighted by atomic mass is 9.81.